The van der Waals surface area contributed by atoms with Gasteiger partial charge in [-0.25, -0.2) is 0 Å². The molecule has 0 spiro atoms. The van der Waals surface area contributed by atoms with Crippen molar-refractivity contribution in [3.8, 4) is 0 Å². The topological polar surface area (TPSA) is 49.4 Å². The Bertz CT molecular complexity index is 643. The van der Waals surface area contributed by atoms with Crippen LogP contribution >= 0.6 is 0 Å². The van der Waals surface area contributed by atoms with Gasteiger partial charge in [0.2, 0.25) is 11.8 Å². The molecule has 1 aromatic rings. The number of amides is 2. The van der Waals surface area contributed by atoms with Gasteiger partial charge >= 0.3 is 0 Å². The Labute approximate surface area is 143 Å². The van der Waals surface area contributed by atoms with Crippen molar-refractivity contribution in [3.63, 3.8) is 0 Å². The van der Waals surface area contributed by atoms with Crippen molar-refractivity contribution in [1.82, 2.24) is 0 Å². The van der Waals surface area contributed by atoms with Crippen molar-refractivity contribution < 1.29 is 9.59 Å². The summed E-state index contributed by atoms with van der Waals surface area (Å²) in [5.74, 6) is 0.856. The lowest BCUT2D eigenvalue weighted by molar-refractivity contribution is -0.122. The van der Waals surface area contributed by atoms with Crippen LogP contribution in [-0.4, -0.2) is 18.4 Å². The van der Waals surface area contributed by atoms with Crippen LogP contribution in [0.4, 0.5) is 11.4 Å². The first-order valence-corrected chi connectivity index (χ1v) is 9.47. The first kappa shape index (κ1) is 15.7. The molecule has 1 N–H and O–H groups in total. The summed E-state index contributed by atoms with van der Waals surface area (Å²) < 4.78 is 0. The molecule has 0 radical (unpaired) electrons. The van der Waals surface area contributed by atoms with Crippen LogP contribution < -0.4 is 10.2 Å². The van der Waals surface area contributed by atoms with E-state index in [1.807, 2.05) is 17.0 Å². The maximum atomic E-state index is 12.7. The van der Waals surface area contributed by atoms with Gasteiger partial charge < -0.3 is 10.2 Å². The number of anilines is 2. The van der Waals surface area contributed by atoms with Crippen molar-refractivity contribution in [2.75, 3.05) is 16.8 Å². The first-order valence-electron chi connectivity index (χ1n) is 9.47. The van der Waals surface area contributed by atoms with E-state index in [2.05, 4.69) is 11.4 Å². The second kappa shape index (κ2) is 6.58. The van der Waals surface area contributed by atoms with Crippen LogP contribution in [0.3, 0.4) is 0 Å². The highest BCUT2D eigenvalue weighted by atomic mass is 16.2. The zero-order chi connectivity index (χ0) is 16.5. The number of hydrogen-bond donors (Lipinski definition) is 1. The van der Waals surface area contributed by atoms with E-state index in [-0.39, 0.29) is 17.7 Å². The standard InChI is InChI=1S/C20H26N2O2/c23-19(14-5-1-2-6-14)21-17-9-10-18-16(13-17)11-12-22(18)20(24)15-7-3-4-8-15/h9-10,13-15H,1-8,11-12H2,(H,21,23). The Hall–Kier alpha value is -1.84. The molecular formula is C20H26N2O2. The van der Waals surface area contributed by atoms with Crippen LogP contribution in [0.15, 0.2) is 18.2 Å². The van der Waals surface area contributed by atoms with Gasteiger partial charge in [-0.3, -0.25) is 9.59 Å². The summed E-state index contributed by atoms with van der Waals surface area (Å²) in [7, 11) is 0. The number of nitrogens with one attached hydrogen (secondary N) is 1. The molecule has 0 atom stereocenters. The van der Waals surface area contributed by atoms with Gasteiger partial charge in [-0.15, -0.1) is 0 Å². The molecule has 3 aliphatic rings. The summed E-state index contributed by atoms with van der Waals surface area (Å²) >= 11 is 0. The van der Waals surface area contributed by atoms with E-state index in [0.717, 1.165) is 50.0 Å². The molecule has 128 valence electrons. The highest BCUT2D eigenvalue weighted by Crippen LogP contribution is 2.35. The van der Waals surface area contributed by atoms with Crippen molar-refractivity contribution >= 4 is 23.2 Å². The van der Waals surface area contributed by atoms with E-state index in [9.17, 15) is 9.59 Å². The lowest BCUT2D eigenvalue weighted by atomic mass is 10.1. The monoisotopic (exact) mass is 326 g/mol. The third-order valence-corrected chi connectivity index (χ3v) is 5.94. The molecule has 1 heterocycles. The summed E-state index contributed by atoms with van der Waals surface area (Å²) in [6.07, 6.45) is 9.70. The normalized spacial score (nSPS) is 21.2. The highest BCUT2D eigenvalue weighted by molar-refractivity contribution is 5.98. The lowest BCUT2D eigenvalue weighted by Crippen LogP contribution is -2.33. The first-order chi connectivity index (χ1) is 11.7. The molecule has 0 saturated heterocycles. The van der Waals surface area contributed by atoms with Crippen molar-refractivity contribution in [1.29, 1.82) is 0 Å². The lowest BCUT2D eigenvalue weighted by Gasteiger charge is -2.21. The van der Waals surface area contributed by atoms with E-state index in [0.29, 0.717) is 5.91 Å². The third kappa shape index (κ3) is 2.94. The van der Waals surface area contributed by atoms with Gasteiger partial charge in [0, 0.05) is 29.8 Å². The van der Waals surface area contributed by atoms with Crippen LogP contribution in [0.2, 0.25) is 0 Å². The number of carbonyl (C=O) groups excluding carboxylic acids is 2. The van der Waals surface area contributed by atoms with Gasteiger partial charge in [0.05, 0.1) is 0 Å². The summed E-state index contributed by atoms with van der Waals surface area (Å²) in [5.41, 5.74) is 3.11. The number of nitrogens with zero attached hydrogens (tertiary/aromatic N) is 1. The Balaban J connectivity index is 1.46. The number of fused-ring (bicyclic) bond motifs is 1. The smallest absolute Gasteiger partial charge is 0.230 e. The molecule has 0 unspecified atom stereocenters. The SMILES string of the molecule is O=C(Nc1ccc2c(c1)CCN2C(=O)C1CCCC1)C1CCCC1. The number of carbonyl (C=O) groups is 2. The molecular weight excluding hydrogens is 300 g/mol. The highest BCUT2D eigenvalue weighted by Gasteiger charge is 2.32. The summed E-state index contributed by atoms with van der Waals surface area (Å²) in [6, 6.07) is 6.02. The molecule has 4 heteroatoms. The zero-order valence-corrected chi connectivity index (χ0v) is 14.2. The number of hydrogen-bond acceptors (Lipinski definition) is 2. The van der Waals surface area contributed by atoms with E-state index >= 15 is 0 Å². The minimum atomic E-state index is 0.157. The van der Waals surface area contributed by atoms with Crippen molar-refractivity contribution in [3.05, 3.63) is 23.8 Å². The Kier molecular flexibility index (Phi) is 4.30. The molecule has 2 saturated carbocycles. The van der Waals surface area contributed by atoms with Crippen LogP contribution in [0, 0.1) is 11.8 Å². The fraction of sp³-hybridized carbons (Fsp3) is 0.600. The maximum absolute atomic E-state index is 12.7. The Morgan fingerprint density at radius 3 is 2.33 bits per heavy atom. The second-order valence-corrected chi connectivity index (χ2v) is 7.54. The third-order valence-electron chi connectivity index (χ3n) is 5.94. The van der Waals surface area contributed by atoms with E-state index in [1.54, 1.807) is 0 Å². The number of rotatable bonds is 3. The molecule has 4 rings (SSSR count). The Morgan fingerprint density at radius 1 is 0.958 bits per heavy atom. The van der Waals surface area contributed by atoms with E-state index in [1.165, 1.54) is 31.2 Å². The van der Waals surface area contributed by atoms with Crippen LogP contribution in [0.1, 0.15) is 56.9 Å². The molecule has 4 nitrogen and oxygen atoms in total. The molecule has 0 aromatic heterocycles. The predicted molar refractivity (Wildman–Crippen MR) is 95.0 cm³/mol. The molecule has 0 bridgehead atoms. The quantitative estimate of drug-likeness (QED) is 0.916. The predicted octanol–water partition coefficient (Wildman–Crippen LogP) is 3.89. The molecule has 2 amide bonds. The summed E-state index contributed by atoms with van der Waals surface area (Å²) in [6.45, 7) is 0.782. The van der Waals surface area contributed by atoms with Crippen LogP contribution in [-0.2, 0) is 16.0 Å². The summed E-state index contributed by atoms with van der Waals surface area (Å²) in [5, 5.41) is 3.07. The average Bonchev–Trinajstić information content (AvgIpc) is 3.33. The van der Waals surface area contributed by atoms with Gasteiger partial charge in [0.15, 0.2) is 0 Å². The number of benzene rings is 1. The minimum Gasteiger partial charge on any atom is -0.326 e. The largest absolute Gasteiger partial charge is 0.326 e. The van der Waals surface area contributed by atoms with E-state index in [4.69, 9.17) is 0 Å². The minimum absolute atomic E-state index is 0.157. The maximum Gasteiger partial charge on any atom is 0.230 e. The fourth-order valence-corrected chi connectivity index (χ4v) is 4.53. The van der Waals surface area contributed by atoms with E-state index < -0.39 is 0 Å². The second-order valence-electron chi connectivity index (χ2n) is 7.54. The molecule has 2 aliphatic carbocycles. The zero-order valence-electron chi connectivity index (χ0n) is 14.2. The molecule has 24 heavy (non-hydrogen) atoms. The molecule has 2 fully saturated rings. The van der Waals surface area contributed by atoms with Gasteiger partial charge in [-0.05, 0) is 55.9 Å². The summed E-state index contributed by atoms with van der Waals surface area (Å²) in [4.78, 5) is 27.0. The molecule has 1 aliphatic heterocycles. The van der Waals surface area contributed by atoms with Crippen molar-refractivity contribution in [2.45, 2.75) is 57.8 Å². The fourth-order valence-electron chi connectivity index (χ4n) is 4.53. The average molecular weight is 326 g/mol. The van der Waals surface area contributed by atoms with Crippen molar-refractivity contribution in [2.24, 2.45) is 11.8 Å². The van der Waals surface area contributed by atoms with Gasteiger partial charge in [-0.2, -0.15) is 0 Å². The van der Waals surface area contributed by atoms with Gasteiger partial charge in [0.25, 0.3) is 0 Å². The van der Waals surface area contributed by atoms with Gasteiger partial charge in [-0.1, -0.05) is 25.7 Å². The van der Waals surface area contributed by atoms with Gasteiger partial charge in [0.1, 0.15) is 0 Å². The Morgan fingerprint density at radius 2 is 1.62 bits per heavy atom. The van der Waals surface area contributed by atoms with Crippen LogP contribution in [0.25, 0.3) is 0 Å². The van der Waals surface area contributed by atoms with Crippen LogP contribution in [0.5, 0.6) is 0 Å². The molecule has 1 aromatic carbocycles.